The van der Waals surface area contributed by atoms with E-state index in [-0.39, 0.29) is 29.1 Å². The molecule has 0 radical (unpaired) electrons. The van der Waals surface area contributed by atoms with Crippen LogP contribution >= 0.6 is 0 Å². The first-order valence-corrected chi connectivity index (χ1v) is 9.86. The molecule has 148 valence electrons. The van der Waals surface area contributed by atoms with Gasteiger partial charge in [0.2, 0.25) is 0 Å². The molecule has 0 bridgehead atoms. The molecule has 0 unspecified atom stereocenters. The van der Waals surface area contributed by atoms with E-state index in [1.807, 2.05) is 11.0 Å². The van der Waals surface area contributed by atoms with Gasteiger partial charge in [0.1, 0.15) is 11.6 Å². The highest BCUT2D eigenvalue weighted by Crippen LogP contribution is 2.44. The van der Waals surface area contributed by atoms with Crippen molar-refractivity contribution in [2.75, 3.05) is 18.0 Å². The second-order valence-electron chi connectivity index (χ2n) is 8.70. The molecule has 2 aromatic carbocycles. The molecule has 5 heteroatoms. The number of fused-ring (bicyclic) bond motifs is 1. The molecule has 2 atom stereocenters. The number of likely N-dealkylation sites (tertiary alicyclic amines) is 1. The number of hydrogen-bond acceptors (Lipinski definition) is 2. The molecule has 0 aliphatic carbocycles. The molecule has 2 saturated heterocycles. The Bertz CT molecular complexity index is 911. The number of rotatable bonds is 2. The SMILES string of the molecule is Cc1cc(C(=O)N2CC[C@H]3[C@@H](C2)CC(C)(C)N3c2cccc(F)c2)ccc1F. The first-order valence-electron chi connectivity index (χ1n) is 9.86. The van der Waals surface area contributed by atoms with Crippen molar-refractivity contribution in [2.45, 2.75) is 45.2 Å². The van der Waals surface area contributed by atoms with E-state index >= 15 is 0 Å². The molecule has 2 fully saturated rings. The zero-order chi connectivity index (χ0) is 20.1. The van der Waals surface area contributed by atoms with Crippen LogP contribution in [0.25, 0.3) is 0 Å². The van der Waals surface area contributed by atoms with Crippen LogP contribution in [0.4, 0.5) is 14.5 Å². The number of aryl methyl sites for hydroxylation is 1. The lowest BCUT2D eigenvalue weighted by Crippen LogP contribution is -2.50. The Hall–Kier alpha value is -2.43. The number of carbonyl (C=O) groups excluding carboxylic acids is 1. The van der Waals surface area contributed by atoms with Gasteiger partial charge in [0.05, 0.1) is 0 Å². The van der Waals surface area contributed by atoms with Gasteiger partial charge in [-0.25, -0.2) is 8.78 Å². The predicted molar refractivity (Wildman–Crippen MR) is 107 cm³/mol. The lowest BCUT2D eigenvalue weighted by atomic mass is 9.89. The Morgan fingerprint density at radius 3 is 2.64 bits per heavy atom. The van der Waals surface area contributed by atoms with Crippen molar-refractivity contribution in [1.29, 1.82) is 0 Å². The highest BCUT2D eigenvalue weighted by atomic mass is 19.1. The van der Waals surface area contributed by atoms with Gasteiger partial charge in [-0.15, -0.1) is 0 Å². The number of anilines is 1. The van der Waals surface area contributed by atoms with Crippen LogP contribution in [0.1, 0.15) is 42.6 Å². The third-order valence-electron chi connectivity index (χ3n) is 6.22. The number of nitrogens with zero attached hydrogens (tertiary/aromatic N) is 2. The van der Waals surface area contributed by atoms with E-state index in [0.717, 1.165) is 18.5 Å². The second-order valence-corrected chi connectivity index (χ2v) is 8.70. The van der Waals surface area contributed by atoms with E-state index < -0.39 is 0 Å². The molecule has 2 aliphatic heterocycles. The van der Waals surface area contributed by atoms with E-state index in [1.54, 1.807) is 31.2 Å². The summed E-state index contributed by atoms with van der Waals surface area (Å²) in [6.45, 7) is 7.37. The minimum absolute atomic E-state index is 0.0384. The third kappa shape index (κ3) is 3.27. The fourth-order valence-corrected chi connectivity index (χ4v) is 5.06. The topological polar surface area (TPSA) is 23.6 Å². The third-order valence-corrected chi connectivity index (χ3v) is 6.22. The van der Waals surface area contributed by atoms with Gasteiger partial charge in [-0.2, -0.15) is 0 Å². The van der Waals surface area contributed by atoms with E-state index in [9.17, 15) is 13.6 Å². The highest BCUT2D eigenvalue weighted by Gasteiger charge is 2.48. The number of hydrogen-bond donors (Lipinski definition) is 0. The number of amides is 1. The molecule has 4 rings (SSSR count). The van der Waals surface area contributed by atoms with Gasteiger partial charge >= 0.3 is 0 Å². The molecule has 28 heavy (non-hydrogen) atoms. The fraction of sp³-hybridized carbons (Fsp3) is 0.435. The average molecular weight is 384 g/mol. The molecule has 2 heterocycles. The summed E-state index contributed by atoms with van der Waals surface area (Å²) in [5.74, 6) is -0.226. The van der Waals surface area contributed by atoms with Crippen molar-refractivity contribution in [2.24, 2.45) is 5.92 Å². The molecule has 0 saturated carbocycles. The van der Waals surface area contributed by atoms with E-state index in [1.165, 1.54) is 12.1 Å². The summed E-state index contributed by atoms with van der Waals surface area (Å²) in [4.78, 5) is 17.2. The van der Waals surface area contributed by atoms with Crippen LogP contribution in [0.2, 0.25) is 0 Å². The molecule has 1 amide bonds. The Balaban J connectivity index is 1.55. The van der Waals surface area contributed by atoms with Crippen molar-refractivity contribution in [3.8, 4) is 0 Å². The van der Waals surface area contributed by atoms with Crippen LogP contribution in [0.15, 0.2) is 42.5 Å². The van der Waals surface area contributed by atoms with Gasteiger partial charge in [-0.3, -0.25) is 4.79 Å². The fourth-order valence-electron chi connectivity index (χ4n) is 5.06. The summed E-state index contributed by atoms with van der Waals surface area (Å²) in [6, 6.07) is 11.6. The number of halogens is 2. The van der Waals surface area contributed by atoms with Crippen LogP contribution < -0.4 is 4.90 Å². The van der Waals surface area contributed by atoms with E-state index in [4.69, 9.17) is 0 Å². The number of carbonyl (C=O) groups is 1. The zero-order valence-corrected chi connectivity index (χ0v) is 16.6. The molecular weight excluding hydrogens is 358 g/mol. The van der Waals surface area contributed by atoms with Crippen LogP contribution in [0, 0.1) is 24.5 Å². The first kappa shape index (κ1) is 18.9. The summed E-state index contributed by atoms with van der Waals surface area (Å²) in [5, 5.41) is 0. The molecule has 2 aromatic rings. The smallest absolute Gasteiger partial charge is 0.253 e. The Labute approximate surface area is 165 Å². The zero-order valence-electron chi connectivity index (χ0n) is 16.6. The van der Waals surface area contributed by atoms with Crippen molar-refractivity contribution >= 4 is 11.6 Å². The molecular formula is C23H26F2N2O. The maximum absolute atomic E-state index is 13.8. The van der Waals surface area contributed by atoms with E-state index in [2.05, 4.69) is 18.7 Å². The molecule has 0 aromatic heterocycles. The van der Waals surface area contributed by atoms with Crippen LogP contribution in [-0.4, -0.2) is 35.5 Å². The molecule has 0 N–H and O–H groups in total. The highest BCUT2D eigenvalue weighted by molar-refractivity contribution is 5.94. The van der Waals surface area contributed by atoms with Crippen molar-refractivity contribution in [3.05, 3.63) is 65.2 Å². The summed E-state index contributed by atoms with van der Waals surface area (Å²) in [5.41, 5.74) is 1.83. The standard InChI is InChI=1S/C23H26F2N2O/c1-15-11-16(7-8-20(15)25)22(28)26-10-9-21-17(14-26)13-23(2,3)27(21)19-6-4-5-18(24)12-19/h4-8,11-12,17,21H,9-10,13-14H2,1-3H3/t17-,21+/m1/s1. The first-order chi connectivity index (χ1) is 13.3. The van der Waals surface area contributed by atoms with Gasteiger partial charge in [0.25, 0.3) is 5.91 Å². The Morgan fingerprint density at radius 1 is 1.14 bits per heavy atom. The van der Waals surface area contributed by atoms with Gasteiger partial charge in [0.15, 0.2) is 0 Å². The summed E-state index contributed by atoms with van der Waals surface area (Å²) in [6.07, 6.45) is 1.79. The summed E-state index contributed by atoms with van der Waals surface area (Å²) < 4.78 is 27.3. The molecule has 0 spiro atoms. The molecule has 2 aliphatic rings. The maximum Gasteiger partial charge on any atom is 0.253 e. The lowest BCUT2D eigenvalue weighted by molar-refractivity contribution is 0.0667. The van der Waals surface area contributed by atoms with Crippen LogP contribution in [0.3, 0.4) is 0 Å². The van der Waals surface area contributed by atoms with Gasteiger partial charge in [-0.1, -0.05) is 6.07 Å². The van der Waals surface area contributed by atoms with Gasteiger partial charge < -0.3 is 9.80 Å². The van der Waals surface area contributed by atoms with Crippen molar-refractivity contribution in [3.63, 3.8) is 0 Å². The number of piperidine rings is 1. The Morgan fingerprint density at radius 2 is 1.93 bits per heavy atom. The van der Waals surface area contributed by atoms with Gasteiger partial charge in [-0.05, 0) is 81.5 Å². The van der Waals surface area contributed by atoms with Crippen LogP contribution in [-0.2, 0) is 0 Å². The average Bonchev–Trinajstić information content (AvgIpc) is 2.92. The van der Waals surface area contributed by atoms with Crippen molar-refractivity contribution < 1.29 is 13.6 Å². The number of benzene rings is 2. The molecule has 3 nitrogen and oxygen atoms in total. The largest absolute Gasteiger partial charge is 0.363 e. The lowest BCUT2D eigenvalue weighted by Gasteiger charge is -2.42. The quantitative estimate of drug-likeness (QED) is 0.743. The maximum atomic E-state index is 13.8. The minimum atomic E-state index is -0.293. The monoisotopic (exact) mass is 384 g/mol. The second kappa shape index (κ2) is 6.87. The summed E-state index contributed by atoms with van der Waals surface area (Å²) >= 11 is 0. The van der Waals surface area contributed by atoms with Crippen molar-refractivity contribution in [1.82, 2.24) is 4.90 Å². The Kier molecular flexibility index (Phi) is 4.64. The predicted octanol–water partition coefficient (Wildman–Crippen LogP) is 4.79. The van der Waals surface area contributed by atoms with E-state index in [0.29, 0.717) is 30.1 Å². The minimum Gasteiger partial charge on any atom is -0.363 e. The summed E-state index contributed by atoms with van der Waals surface area (Å²) in [7, 11) is 0. The normalized spacial score (nSPS) is 23.6. The van der Waals surface area contributed by atoms with Gasteiger partial charge in [0, 0.05) is 35.9 Å². The van der Waals surface area contributed by atoms with Crippen LogP contribution in [0.5, 0.6) is 0 Å².